The van der Waals surface area contributed by atoms with Crippen molar-refractivity contribution in [1.29, 1.82) is 0 Å². The Morgan fingerprint density at radius 1 is 1.00 bits per heavy atom. The van der Waals surface area contributed by atoms with Crippen LogP contribution in [0.15, 0.2) is 48.5 Å². The zero-order chi connectivity index (χ0) is 17.8. The number of para-hydroxylation sites is 1. The molecule has 3 rings (SSSR count). The van der Waals surface area contributed by atoms with Crippen molar-refractivity contribution >= 4 is 28.7 Å². The summed E-state index contributed by atoms with van der Waals surface area (Å²) in [6, 6.07) is 13.9. The number of pyridine rings is 1. The molecule has 0 aliphatic heterocycles. The van der Waals surface area contributed by atoms with Crippen LogP contribution in [0.25, 0.3) is 23.1 Å². The van der Waals surface area contributed by atoms with Crippen LogP contribution in [-0.2, 0) is 0 Å². The van der Waals surface area contributed by atoms with E-state index >= 15 is 0 Å². The molecule has 3 aromatic rings. The molecule has 0 fully saturated rings. The first-order valence-corrected chi connectivity index (χ1v) is 7.57. The number of nitro groups is 1. The van der Waals surface area contributed by atoms with Gasteiger partial charge in [-0.05, 0) is 36.4 Å². The van der Waals surface area contributed by atoms with E-state index in [0.29, 0.717) is 28.1 Å². The van der Waals surface area contributed by atoms with E-state index in [1.165, 1.54) is 6.07 Å². The van der Waals surface area contributed by atoms with Crippen LogP contribution in [0, 0.1) is 10.1 Å². The second-order valence-electron chi connectivity index (χ2n) is 5.25. The third-order valence-corrected chi connectivity index (χ3v) is 3.79. The molecule has 0 aliphatic carbocycles. The van der Waals surface area contributed by atoms with Crippen molar-refractivity contribution in [2.45, 2.75) is 0 Å². The van der Waals surface area contributed by atoms with E-state index in [2.05, 4.69) is 4.98 Å². The minimum atomic E-state index is -0.402. The predicted octanol–water partition coefficient (Wildman–Crippen LogP) is 4.33. The lowest BCUT2D eigenvalue weighted by atomic mass is 10.1. The molecule has 6 heteroatoms. The van der Waals surface area contributed by atoms with Crippen molar-refractivity contribution in [1.82, 2.24) is 4.98 Å². The summed E-state index contributed by atoms with van der Waals surface area (Å²) in [6.07, 6.45) is 3.70. The monoisotopic (exact) mass is 336 g/mol. The van der Waals surface area contributed by atoms with Gasteiger partial charge in [0.15, 0.2) is 11.5 Å². The highest BCUT2D eigenvalue weighted by molar-refractivity contribution is 5.89. The SMILES string of the molecule is COc1cccc(/C=C/c2ccc3c([N+](=O)[O-])cccc3n2)c1OC. The molecule has 126 valence electrons. The number of ether oxygens (including phenoxy) is 2. The van der Waals surface area contributed by atoms with E-state index in [0.717, 1.165) is 5.56 Å². The predicted molar refractivity (Wildman–Crippen MR) is 96.9 cm³/mol. The first kappa shape index (κ1) is 16.4. The summed E-state index contributed by atoms with van der Waals surface area (Å²) in [7, 11) is 3.17. The van der Waals surface area contributed by atoms with Crippen LogP contribution in [0.2, 0.25) is 0 Å². The highest BCUT2D eigenvalue weighted by Gasteiger charge is 2.11. The Morgan fingerprint density at radius 3 is 2.52 bits per heavy atom. The lowest BCUT2D eigenvalue weighted by Gasteiger charge is -2.09. The number of aromatic nitrogens is 1. The minimum Gasteiger partial charge on any atom is -0.493 e. The molecule has 2 aromatic carbocycles. The van der Waals surface area contributed by atoms with Gasteiger partial charge in [0.1, 0.15) is 0 Å². The van der Waals surface area contributed by atoms with Gasteiger partial charge in [-0.1, -0.05) is 18.2 Å². The Hall–Kier alpha value is -3.41. The lowest BCUT2D eigenvalue weighted by molar-refractivity contribution is -0.383. The average Bonchev–Trinajstić information content (AvgIpc) is 2.64. The molecule has 1 heterocycles. The van der Waals surface area contributed by atoms with Crippen molar-refractivity contribution < 1.29 is 14.4 Å². The summed E-state index contributed by atoms with van der Waals surface area (Å²) in [6.45, 7) is 0. The van der Waals surface area contributed by atoms with E-state index in [1.807, 2.05) is 30.4 Å². The zero-order valence-electron chi connectivity index (χ0n) is 13.8. The Bertz CT molecular complexity index is 967. The van der Waals surface area contributed by atoms with E-state index < -0.39 is 4.92 Å². The Morgan fingerprint density at radius 2 is 1.80 bits per heavy atom. The van der Waals surface area contributed by atoms with Gasteiger partial charge < -0.3 is 9.47 Å². The summed E-state index contributed by atoms with van der Waals surface area (Å²) in [5.74, 6) is 1.28. The van der Waals surface area contributed by atoms with Gasteiger partial charge in [-0.25, -0.2) is 4.98 Å². The summed E-state index contributed by atoms with van der Waals surface area (Å²) in [5.41, 5.74) is 2.17. The first-order valence-electron chi connectivity index (χ1n) is 7.57. The zero-order valence-corrected chi connectivity index (χ0v) is 13.8. The second-order valence-corrected chi connectivity index (χ2v) is 5.25. The molecule has 0 saturated carbocycles. The Labute approximate surface area is 144 Å². The highest BCUT2D eigenvalue weighted by atomic mass is 16.6. The number of hydrogen-bond acceptors (Lipinski definition) is 5. The molecule has 0 aliphatic rings. The van der Waals surface area contributed by atoms with E-state index in [-0.39, 0.29) is 5.69 Å². The Kier molecular flexibility index (Phi) is 4.61. The van der Waals surface area contributed by atoms with E-state index in [1.54, 1.807) is 38.5 Å². The van der Waals surface area contributed by atoms with Crippen LogP contribution in [0.5, 0.6) is 11.5 Å². The fourth-order valence-electron chi connectivity index (χ4n) is 2.62. The molecular weight excluding hydrogens is 320 g/mol. The van der Waals surface area contributed by atoms with Gasteiger partial charge in [-0.3, -0.25) is 10.1 Å². The second kappa shape index (κ2) is 7.00. The van der Waals surface area contributed by atoms with Crippen LogP contribution in [0.1, 0.15) is 11.3 Å². The minimum absolute atomic E-state index is 0.0509. The average molecular weight is 336 g/mol. The lowest BCUT2D eigenvalue weighted by Crippen LogP contribution is -1.93. The fourth-order valence-corrected chi connectivity index (χ4v) is 2.62. The number of non-ortho nitro benzene ring substituents is 1. The first-order chi connectivity index (χ1) is 12.1. The molecule has 0 saturated heterocycles. The van der Waals surface area contributed by atoms with Crippen molar-refractivity contribution in [2.75, 3.05) is 14.2 Å². The van der Waals surface area contributed by atoms with Gasteiger partial charge in [0.25, 0.3) is 5.69 Å². The van der Waals surface area contributed by atoms with Crippen molar-refractivity contribution in [2.24, 2.45) is 0 Å². The number of hydrogen-bond donors (Lipinski definition) is 0. The molecule has 25 heavy (non-hydrogen) atoms. The molecule has 0 atom stereocenters. The van der Waals surface area contributed by atoms with Crippen molar-refractivity contribution in [3.05, 3.63) is 69.9 Å². The molecule has 0 unspecified atom stereocenters. The molecule has 0 bridgehead atoms. The van der Waals surface area contributed by atoms with Gasteiger partial charge in [0.2, 0.25) is 0 Å². The number of fused-ring (bicyclic) bond motifs is 1. The standard InChI is InChI=1S/C19H16N2O4/c1-24-18-8-3-5-13(19(18)25-2)9-10-14-11-12-15-16(20-14)6-4-7-17(15)21(22)23/h3-12H,1-2H3/b10-9+. The van der Waals surface area contributed by atoms with Crippen molar-refractivity contribution in [3.63, 3.8) is 0 Å². The fraction of sp³-hybridized carbons (Fsp3) is 0.105. The van der Waals surface area contributed by atoms with Crippen LogP contribution in [-0.4, -0.2) is 24.1 Å². The number of methoxy groups -OCH3 is 2. The quantitative estimate of drug-likeness (QED) is 0.512. The summed E-state index contributed by atoms with van der Waals surface area (Å²) < 4.78 is 10.7. The number of nitro benzene ring substituents is 1. The van der Waals surface area contributed by atoms with Gasteiger partial charge in [-0.2, -0.15) is 0 Å². The summed E-state index contributed by atoms with van der Waals surface area (Å²) in [4.78, 5) is 15.1. The molecule has 0 spiro atoms. The van der Waals surface area contributed by atoms with Gasteiger partial charge in [-0.15, -0.1) is 0 Å². The number of rotatable bonds is 5. The summed E-state index contributed by atoms with van der Waals surface area (Å²) in [5, 5.41) is 11.6. The maximum absolute atomic E-state index is 11.1. The largest absolute Gasteiger partial charge is 0.493 e. The van der Waals surface area contributed by atoms with E-state index in [9.17, 15) is 10.1 Å². The van der Waals surface area contributed by atoms with Crippen molar-refractivity contribution in [3.8, 4) is 11.5 Å². The van der Waals surface area contributed by atoms with Crippen LogP contribution >= 0.6 is 0 Å². The van der Waals surface area contributed by atoms with Crippen LogP contribution < -0.4 is 9.47 Å². The molecule has 0 radical (unpaired) electrons. The normalized spacial score (nSPS) is 11.0. The van der Waals surface area contributed by atoms with Gasteiger partial charge >= 0.3 is 0 Å². The molecule has 6 nitrogen and oxygen atoms in total. The maximum atomic E-state index is 11.1. The summed E-state index contributed by atoms with van der Waals surface area (Å²) >= 11 is 0. The Balaban J connectivity index is 1.99. The molecule has 0 N–H and O–H groups in total. The number of benzene rings is 2. The van der Waals surface area contributed by atoms with Gasteiger partial charge in [0.05, 0.1) is 35.7 Å². The number of nitrogens with zero attached hydrogens (tertiary/aromatic N) is 2. The third-order valence-electron chi connectivity index (χ3n) is 3.79. The van der Waals surface area contributed by atoms with Crippen LogP contribution in [0.4, 0.5) is 5.69 Å². The molecule has 1 aromatic heterocycles. The topological polar surface area (TPSA) is 74.5 Å². The molecule has 0 amide bonds. The van der Waals surface area contributed by atoms with Gasteiger partial charge in [0, 0.05) is 11.6 Å². The highest BCUT2D eigenvalue weighted by Crippen LogP contribution is 2.32. The van der Waals surface area contributed by atoms with Crippen LogP contribution in [0.3, 0.4) is 0 Å². The third kappa shape index (κ3) is 3.28. The van der Waals surface area contributed by atoms with E-state index in [4.69, 9.17) is 9.47 Å². The molecular formula is C19H16N2O4. The maximum Gasteiger partial charge on any atom is 0.278 e. The smallest absolute Gasteiger partial charge is 0.278 e.